The fraction of sp³-hybridized carbons (Fsp3) is 0.265. The second-order valence-corrected chi connectivity index (χ2v) is 10.5. The Kier molecular flexibility index (Phi) is 8.20. The summed E-state index contributed by atoms with van der Waals surface area (Å²) in [5.74, 6) is 0.587. The first-order chi connectivity index (χ1) is 18.6. The largest absolute Gasteiger partial charge is 0.326 e. The highest BCUT2D eigenvalue weighted by Crippen LogP contribution is 2.35. The van der Waals surface area contributed by atoms with Crippen molar-refractivity contribution in [1.29, 1.82) is 0 Å². The van der Waals surface area contributed by atoms with E-state index in [0.29, 0.717) is 5.92 Å². The Labute approximate surface area is 226 Å². The van der Waals surface area contributed by atoms with Crippen LogP contribution in [0.15, 0.2) is 109 Å². The zero-order valence-electron chi connectivity index (χ0n) is 22.4. The lowest BCUT2D eigenvalue weighted by molar-refractivity contribution is -0.118. The van der Waals surface area contributed by atoms with Crippen molar-refractivity contribution in [2.45, 2.75) is 39.2 Å². The average molecular weight is 504 g/mol. The quantitative estimate of drug-likeness (QED) is 0.264. The van der Waals surface area contributed by atoms with Crippen molar-refractivity contribution >= 4 is 28.7 Å². The Morgan fingerprint density at radius 3 is 1.95 bits per heavy atom. The maximum atomic E-state index is 12.1. The van der Waals surface area contributed by atoms with Crippen LogP contribution in [0.2, 0.25) is 0 Å². The van der Waals surface area contributed by atoms with Gasteiger partial charge in [-0.3, -0.25) is 9.69 Å². The molecule has 1 aliphatic rings. The molecule has 4 aromatic rings. The highest BCUT2D eigenvalue weighted by molar-refractivity contribution is 5.92. The number of hydrogen-bond acceptors (Lipinski definition) is 3. The van der Waals surface area contributed by atoms with Crippen molar-refractivity contribution in [3.05, 3.63) is 120 Å². The average Bonchev–Trinajstić information content (AvgIpc) is 2.96. The summed E-state index contributed by atoms with van der Waals surface area (Å²) in [5.41, 5.74) is 7.05. The number of nitrogens with zero attached hydrogens (tertiary/aromatic N) is 2. The molecule has 1 fully saturated rings. The first kappa shape index (κ1) is 25.7. The molecule has 4 aromatic carbocycles. The van der Waals surface area contributed by atoms with E-state index in [1.807, 2.05) is 19.9 Å². The van der Waals surface area contributed by atoms with Crippen LogP contribution in [-0.4, -0.2) is 23.9 Å². The summed E-state index contributed by atoms with van der Waals surface area (Å²) in [6.45, 7) is 6.97. The molecule has 1 N–H and O–H groups in total. The van der Waals surface area contributed by atoms with Gasteiger partial charge in [-0.1, -0.05) is 74.5 Å². The molecular formula is C34H37N3O. The van der Waals surface area contributed by atoms with Crippen LogP contribution < -0.4 is 10.2 Å². The van der Waals surface area contributed by atoms with Crippen molar-refractivity contribution in [2.75, 3.05) is 23.3 Å². The number of nitrogens with one attached hydrogen (secondary N) is 1. The lowest BCUT2D eigenvalue weighted by Gasteiger charge is -2.32. The van der Waals surface area contributed by atoms with Gasteiger partial charge in [0.25, 0.3) is 0 Å². The molecule has 1 saturated heterocycles. The van der Waals surface area contributed by atoms with E-state index in [1.54, 1.807) is 0 Å². The molecule has 194 valence electrons. The Balaban J connectivity index is 1.21. The summed E-state index contributed by atoms with van der Waals surface area (Å²) in [7, 11) is 0. The van der Waals surface area contributed by atoms with Gasteiger partial charge >= 0.3 is 0 Å². The molecule has 0 spiro atoms. The molecule has 0 aliphatic carbocycles. The smallest absolute Gasteiger partial charge is 0.226 e. The molecule has 0 radical (unpaired) electrons. The highest BCUT2D eigenvalue weighted by Gasteiger charge is 2.21. The first-order valence-corrected chi connectivity index (χ1v) is 13.7. The number of anilines is 4. The summed E-state index contributed by atoms with van der Waals surface area (Å²) in [6, 6.07) is 38.5. The van der Waals surface area contributed by atoms with Crippen molar-refractivity contribution in [1.82, 2.24) is 4.90 Å². The van der Waals surface area contributed by atoms with Crippen LogP contribution in [0.25, 0.3) is 0 Å². The SMILES string of the molecule is CC(C)C(=O)Nc1cccc(C2CCN(Cc3ccc(N(c4ccccc4)c4ccccc4)cc3)CC2)c1. The van der Waals surface area contributed by atoms with Gasteiger partial charge in [0, 0.05) is 35.2 Å². The standard InChI is InChI=1S/C34H37N3O/c1-26(2)34(38)35-30-11-9-10-29(24-30)28-20-22-36(23-21-28)25-27-16-18-33(19-17-27)37(31-12-5-3-6-13-31)32-14-7-4-8-15-32/h3-19,24,26,28H,20-23,25H2,1-2H3,(H,35,38). The maximum absolute atomic E-state index is 12.1. The molecule has 0 aromatic heterocycles. The summed E-state index contributed by atoms with van der Waals surface area (Å²) in [5, 5.41) is 3.04. The van der Waals surface area contributed by atoms with Crippen LogP contribution in [-0.2, 0) is 11.3 Å². The third-order valence-corrected chi connectivity index (χ3v) is 7.37. The van der Waals surface area contributed by atoms with E-state index in [2.05, 4.69) is 118 Å². The molecule has 4 heteroatoms. The van der Waals surface area contributed by atoms with E-state index in [0.717, 1.165) is 55.2 Å². The van der Waals surface area contributed by atoms with Gasteiger partial charge in [-0.25, -0.2) is 0 Å². The molecule has 0 bridgehead atoms. The Morgan fingerprint density at radius 2 is 1.37 bits per heavy atom. The monoisotopic (exact) mass is 503 g/mol. The number of carbonyl (C=O) groups excluding carboxylic acids is 1. The Morgan fingerprint density at radius 1 is 0.789 bits per heavy atom. The van der Waals surface area contributed by atoms with Gasteiger partial charge in [0.15, 0.2) is 0 Å². The van der Waals surface area contributed by atoms with Crippen molar-refractivity contribution in [2.24, 2.45) is 5.92 Å². The van der Waals surface area contributed by atoms with Gasteiger partial charge in [-0.15, -0.1) is 0 Å². The van der Waals surface area contributed by atoms with Gasteiger partial charge in [-0.05, 0) is 91.5 Å². The summed E-state index contributed by atoms with van der Waals surface area (Å²) < 4.78 is 0. The fourth-order valence-corrected chi connectivity index (χ4v) is 5.19. The van der Waals surface area contributed by atoms with E-state index in [4.69, 9.17) is 0 Å². The highest BCUT2D eigenvalue weighted by atomic mass is 16.1. The number of para-hydroxylation sites is 2. The minimum absolute atomic E-state index is 0.0179. The third kappa shape index (κ3) is 6.32. The number of amides is 1. The van der Waals surface area contributed by atoms with Gasteiger partial charge < -0.3 is 10.2 Å². The Hall–Kier alpha value is -3.89. The summed E-state index contributed by atoms with van der Waals surface area (Å²) >= 11 is 0. The number of carbonyl (C=O) groups is 1. The first-order valence-electron chi connectivity index (χ1n) is 13.7. The van der Waals surface area contributed by atoms with Crippen LogP contribution in [0, 0.1) is 5.92 Å². The van der Waals surface area contributed by atoms with E-state index in [-0.39, 0.29) is 11.8 Å². The van der Waals surface area contributed by atoms with E-state index < -0.39 is 0 Å². The summed E-state index contributed by atoms with van der Waals surface area (Å²) in [6.07, 6.45) is 2.27. The van der Waals surface area contributed by atoms with Crippen molar-refractivity contribution < 1.29 is 4.79 Å². The molecule has 0 unspecified atom stereocenters. The predicted octanol–water partition coefficient (Wildman–Crippen LogP) is 8.13. The van der Waals surface area contributed by atoms with Gasteiger partial charge in [-0.2, -0.15) is 0 Å². The fourth-order valence-electron chi connectivity index (χ4n) is 5.19. The van der Waals surface area contributed by atoms with E-state index in [1.165, 1.54) is 11.1 Å². The number of rotatable bonds is 8. The van der Waals surface area contributed by atoms with Gasteiger partial charge in [0.1, 0.15) is 0 Å². The molecule has 4 nitrogen and oxygen atoms in total. The van der Waals surface area contributed by atoms with Gasteiger partial charge in [0.2, 0.25) is 5.91 Å². The van der Waals surface area contributed by atoms with E-state index in [9.17, 15) is 4.79 Å². The normalized spacial score (nSPS) is 14.4. The summed E-state index contributed by atoms with van der Waals surface area (Å²) in [4.78, 5) is 17.0. The number of likely N-dealkylation sites (tertiary alicyclic amines) is 1. The number of hydrogen-bond donors (Lipinski definition) is 1. The third-order valence-electron chi connectivity index (χ3n) is 7.37. The topological polar surface area (TPSA) is 35.6 Å². The van der Waals surface area contributed by atoms with Crippen molar-refractivity contribution in [3.8, 4) is 0 Å². The minimum atomic E-state index is -0.0179. The molecular weight excluding hydrogens is 466 g/mol. The maximum Gasteiger partial charge on any atom is 0.226 e. The molecule has 1 aliphatic heterocycles. The van der Waals surface area contributed by atoms with E-state index >= 15 is 0 Å². The Bertz CT molecular complexity index is 1270. The van der Waals surface area contributed by atoms with Crippen LogP contribution in [0.4, 0.5) is 22.7 Å². The van der Waals surface area contributed by atoms with Gasteiger partial charge in [0.05, 0.1) is 0 Å². The van der Waals surface area contributed by atoms with Crippen LogP contribution in [0.5, 0.6) is 0 Å². The zero-order valence-corrected chi connectivity index (χ0v) is 22.4. The van der Waals surface area contributed by atoms with Crippen LogP contribution >= 0.6 is 0 Å². The van der Waals surface area contributed by atoms with Crippen LogP contribution in [0.1, 0.15) is 43.7 Å². The number of piperidine rings is 1. The second-order valence-electron chi connectivity index (χ2n) is 10.5. The predicted molar refractivity (Wildman–Crippen MR) is 158 cm³/mol. The van der Waals surface area contributed by atoms with Crippen molar-refractivity contribution in [3.63, 3.8) is 0 Å². The molecule has 0 atom stereocenters. The molecule has 0 saturated carbocycles. The molecule has 5 rings (SSSR count). The number of benzene rings is 4. The lowest BCUT2D eigenvalue weighted by atomic mass is 9.89. The van der Waals surface area contributed by atoms with Crippen LogP contribution in [0.3, 0.4) is 0 Å². The minimum Gasteiger partial charge on any atom is -0.326 e. The molecule has 1 amide bonds. The lowest BCUT2D eigenvalue weighted by Crippen LogP contribution is -2.32. The zero-order chi connectivity index (χ0) is 26.3. The molecule has 1 heterocycles. The second kappa shape index (κ2) is 12.1. The molecule has 38 heavy (non-hydrogen) atoms.